The van der Waals surface area contributed by atoms with Crippen molar-refractivity contribution in [3.8, 4) is 17.2 Å². The van der Waals surface area contributed by atoms with Crippen LogP contribution in [0.2, 0.25) is 0 Å². The Balaban J connectivity index is 2.21. The summed E-state index contributed by atoms with van der Waals surface area (Å²) in [5, 5.41) is 0. The fraction of sp³-hybridized carbons (Fsp3) is 0.429. The van der Waals surface area contributed by atoms with Crippen LogP contribution in [0.3, 0.4) is 0 Å². The molecule has 1 atom stereocenters. The highest BCUT2D eigenvalue weighted by Gasteiger charge is 2.24. The van der Waals surface area contributed by atoms with Crippen LogP contribution in [0.4, 0.5) is 0 Å². The van der Waals surface area contributed by atoms with E-state index in [1.807, 2.05) is 0 Å². The maximum absolute atomic E-state index is 12.2. The Kier molecular flexibility index (Phi) is 4.12. The van der Waals surface area contributed by atoms with Gasteiger partial charge in [-0.1, -0.05) is 6.92 Å². The molecule has 6 heteroatoms. The topological polar surface area (TPSA) is 71.1 Å². The zero-order chi connectivity index (χ0) is 14.7. The van der Waals surface area contributed by atoms with Gasteiger partial charge in [-0.25, -0.2) is 0 Å². The molecular weight excluding hydrogens is 264 g/mol. The van der Waals surface area contributed by atoms with Crippen LogP contribution in [0.1, 0.15) is 23.7 Å². The number of rotatable bonds is 5. The smallest absolute Gasteiger partial charge is 0.308 e. The van der Waals surface area contributed by atoms with Gasteiger partial charge in [-0.3, -0.25) is 9.59 Å². The molecule has 0 N–H and O–H groups in total. The van der Waals surface area contributed by atoms with E-state index in [0.717, 1.165) is 0 Å². The SMILES string of the molecule is COC(=O)C(C)CC(=O)c1cc(OC)c2c(c1)OCO2. The van der Waals surface area contributed by atoms with Crippen LogP contribution in [-0.2, 0) is 9.53 Å². The Hall–Kier alpha value is -2.24. The maximum Gasteiger partial charge on any atom is 0.308 e. The molecule has 1 aliphatic rings. The Bertz CT molecular complexity index is 537. The second-order valence-electron chi connectivity index (χ2n) is 4.46. The van der Waals surface area contributed by atoms with Gasteiger partial charge >= 0.3 is 5.97 Å². The molecule has 0 aliphatic carbocycles. The molecule has 0 saturated heterocycles. The highest BCUT2D eigenvalue weighted by Crippen LogP contribution is 2.42. The highest BCUT2D eigenvalue weighted by molar-refractivity contribution is 5.99. The lowest BCUT2D eigenvalue weighted by molar-refractivity contribution is -0.144. The van der Waals surface area contributed by atoms with Gasteiger partial charge in [0.25, 0.3) is 0 Å². The molecule has 0 spiro atoms. The Morgan fingerprint density at radius 1 is 1.30 bits per heavy atom. The molecule has 20 heavy (non-hydrogen) atoms. The number of Topliss-reactive ketones (excluding diaryl/α,β-unsaturated/α-hetero) is 1. The highest BCUT2D eigenvalue weighted by atomic mass is 16.7. The monoisotopic (exact) mass is 280 g/mol. The summed E-state index contributed by atoms with van der Waals surface area (Å²) in [5.41, 5.74) is 0.418. The van der Waals surface area contributed by atoms with Gasteiger partial charge in [-0.05, 0) is 12.1 Å². The number of esters is 1. The van der Waals surface area contributed by atoms with Gasteiger partial charge in [0.05, 0.1) is 20.1 Å². The van der Waals surface area contributed by atoms with Gasteiger partial charge in [-0.2, -0.15) is 0 Å². The Labute approximate surface area is 116 Å². The first-order valence-corrected chi connectivity index (χ1v) is 6.15. The van der Waals surface area contributed by atoms with Crippen LogP contribution < -0.4 is 14.2 Å². The third-order valence-electron chi connectivity index (χ3n) is 3.08. The summed E-state index contributed by atoms with van der Waals surface area (Å²) >= 11 is 0. The van der Waals surface area contributed by atoms with E-state index in [9.17, 15) is 9.59 Å². The van der Waals surface area contributed by atoms with Crippen molar-refractivity contribution in [3.63, 3.8) is 0 Å². The van der Waals surface area contributed by atoms with E-state index in [4.69, 9.17) is 14.2 Å². The first-order valence-electron chi connectivity index (χ1n) is 6.15. The van der Waals surface area contributed by atoms with Crippen molar-refractivity contribution in [1.29, 1.82) is 0 Å². The number of methoxy groups -OCH3 is 2. The molecule has 0 saturated carbocycles. The predicted molar refractivity (Wildman–Crippen MR) is 69.2 cm³/mol. The van der Waals surface area contributed by atoms with Gasteiger partial charge in [-0.15, -0.1) is 0 Å². The standard InChI is InChI=1S/C14H16O6/c1-8(14(16)18-3)4-10(15)9-5-11(17-2)13-12(6-9)19-7-20-13/h5-6,8H,4,7H2,1-3H3. The van der Waals surface area contributed by atoms with Crippen molar-refractivity contribution < 1.29 is 28.5 Å². The lowest BCUT2D eigenvalue weighted by Gasteiger charge is -2.10. The van der Waals surface area contributed by atoms with Crippen molar-refractivity contribution in [2.45, 2.75) is 13.3 Å². The minimum Gasteiger partial charge on any atom is -0.493 e. The minimum atomic E-state index is -0.496. The number of benzene rings is 1. The van der Waals surface area contributed by atoms with E-state index < -0.39 is 11.9 Å². The first-order chi connectivity index (χ1) is 9.56. The Morgan fingerprint density at radius 2 is 2.05 bits per heavy atom. The van der Waals surface area contributed by atoms with E-state index in [2.05, 4.69) is 4.74 Å². The van der Waals surface area contributed by atoms with E-state index in [0.29, 0.717) is 22.8 Å². The van der Waals surface area contributed by atoms with Crippen LogP contribution in [0.5, 0.6) is 17.2 Å². The van der Waals surface area contributed by atoms with Gasteiger partial charge in [0.2, 0.25) is 12.5 Å². The first kappa shape index (κ1) is 14.2. The number of ether oxygens (including phenoxy) is 4. The number of ketones is 1. The summed E-state index contributed by atoms with van der Waals surface area (Å²) in [6.07, 6.45) is 0.0650. The third kappa shape index (κ3) is 2.68. The lowest BCUT2D eigenvalue weighted by atomic mass is 9.99. The van der Waals surface area contributed by atoms with E-state index >= 15 is 0 Å². The fourth-order valence-corrected chi connectivity index (χ4v) is 1.97. The quantitative estimate of drug-likeness (QED) is 0.605. The summed E-state index contributed by atoms with van der Waals surface area (Å²) < 4.78 is 20.3. The van der Waals surface area contributed by atoms with Gasteiger partial charge in [0, 0.05) is 12.0 Å². The zero-order valence-electron chi connectivity index (χ0n) is 11.6. The molecule has 0 bridgehead atoms. The van der Waals surface area contributed by atoms with Crippen LogP contribution in [0.25, 0.3) is 0 Å². The molecule has 6 nitrogen and oxygen atoms in total. The summed E-state index contributed by atoms with van der Waals surface area (Å²) in [7, 11) is 2.79. The molecule has 1 aromatic carbocycles. The van der Waals surface area contributed by atoms with Crippen LogP contribution in [-0.4, -0.2) is 32.8 Å². The molecule has 108 valence electrons. The molecule has 0 fully saturated rings. The number of carbonyl (C=O) groups excluding carboxylic acids is 2. The minimum absolute atomic E-state index is 0.0650. The summed E-state index contributed by atoms with van der Waals surface area (Å²) in [6, 6.07) is 3.18. The molecule has 2 rings (SSSR count). The molecule has 0 amide bonds. The largest absolute Gasteiger partial charge is 0.493 e. The third-order valence-corrected chi connectivity index (χ3v) is 3.08. The van der Waals surface area contributed by atoms with Gasteiger partial charge in [0.1, 0.15) is 0 Å². The second kappa shape index (κ2) is 5.81. The van der Waals surface area contributed by atoms with Gasteiger partial charge in [0.15, 0.2) is 17.3 Å². The lowest BCUT2D eigenvalue weighted by Crippen LogP contribution is -2.17. The van der Waals surface area contributed by atoms with Gasteiger partial charge < -0.3 is 18.9 Å². The molecule has 0 aromatic heterocycles. The van der Waals surface area contributed by atoms with Crippen molar-refractivity contribution in [2.24, 2.45) is 5.92 Å². The molecular formula is C14H16O6. The van der Waals surface area contributed by atoms with Crippen LogP contribution >= 0.6 is 0 Å². The van der Waals surface area contributed by atoms with E-state index in [1.165, 1.54) is 14.2 Å². The number of carbonyl (C=O) groups is 2. The molecule has 1 heterocycles. The normalized spacial score (nSPS) is 13.8. The number of hydrogen-bond acceptors (Lipinski definition) is 6. The Morgan fingerprint density at radius 3 is 2.70 bits per heavy atom. The average Bonchev–Trinajstić information content (AvgIpc) is 2.93. The van der Waals surface area contributed by atoms with Crippen LogP contribution in [0.15, 0.2) is 12.1 Å². The van der Waals surface area contributed by atoms with E-state index in [1.54, 1.807) is 19.1 Å². The number of fused-ring (bicyclic) bond motifs is 1. The fourth-order valence-electron chi connectivity index (χ4n) is 1.97. The van der Waals surface area contributed by atoms with E-state index in [-0.39, 0.29) is 19.0 Å². The number of hydrogen-bond donors (Lipinski definition) is 0. The molecule has 0 radical (unpaired) electrons. The summed E-state index contributed by atoms with van der Waals surface area (Å²) in [4.78, 5) is 23.5. The van der Waals surface area contributed by atoms with Crippen LogP contribution in [0, 0.1) is 5.92 Å². The predicted octanol–water partition coefficient (Wildman–Crippen LogP) is 1.81. The summed E-state index contributed by atoms with van der Waals surface area (Å²) in [5.74, 6) is 0.312. The average molecular weight is 280 g/mol. The molecule has 1 aromatic rings. The van der Waals surface area contributed by atoms with Crippen molar-refractivity contribution in [1.82, 2.24) is 0 Å². The summed E-state index contributed by atoms with van der Waals surface area (Å²) in [6.45, 7) is 1.75. The van der Waals surface area contributed by atoms with Crippen molar-refractivity contribution in [3.05, 3.63) is 17.7 Å². The van der Waals surface area contributed by atoms with Crippen molar-refractivity contribution >= 4 is 11.8 Å². The second-order valence-corrected chi connectivity index (χ2v) is 4.46. The van der Waals surface area contributed by atoms with Crippen molar-refractivity contribution in [2.75, 3.05) is 21.0 Å². The maximum atomic E-state index is 12.2. The molecule has 1 aliphatic heterocycles. The zero-order valence-corrected chi connectivity index (χ0v) is 11.6. The molecule has 1 unspecified atom stereocenters.